The smallest absolute Gasteiger partial charge is 0.247 e. The Morgan fingerprint density at radius 3 is 2.44 bits per heavy atom. The third kappa shape index (κ3) is 4.46. The van der Waals surface area contributed by atoms with Crippen LogP contribution in [0.25, 0.3) is 11.5 Å². The van der Waals surface area contributed by atoms with Crippen LogP contribution in [0.2, 0.25) is 0 Å². The first-order chi connectivity index (χ1) is 13.2. The highest BCUT2D eigenvalue weighted by Crippen LogP contribution is 2.31. The highest BCUT2D eigenvalue weighted by atomic mass is 79.9. The molecule has 0 radical (unpaired) electrons. The van der Waals surface area contributed by atoms with Gasteiger partial charge in [-0.15, -0.1) is 10.2 Å². The summed E-state index contributed by atoms with van der Waals surface area (Å²) < 4.78 is 6.85. The largest absolute Gasteiger partial charge is 0.419 e. The van der Waals surface area contributed by atoms with Gasteiger partial charge in [0.1, 0.15) is 0 Å². The predicted octanol–water partition coefficient (Wildman–Crippen LogP) is 4.44. The van der Waals surface area contributed by atoms with Gasteiger partial charge in [-0.2, -0.15) is 0 Å². The monoisotopic (exact) mass is 427 g/mol. The first-order valence-electron chi connectivity index (χ1n) is 9.23. The van der Waals surface area contributed by atoms with Crippen molar-refractivity contribution in [3.05, 3.63) is 70.5 Å². The molecule has 2 aromatic carbocycles. The van der Waals surface area contributed by atoms with Gasteiger partial charge in [0.2, 0.25) is 11.8 Å². The summed E-state index contributed by atoms with van der Waals surface area (Å²) in [4.78, 5) is 2.31. The van der Waals surface area contributed by atoms with Crippen molar-refractivity contribution < 1.29 is 9.52 Å². The Kier molecular flexibility index (Phi) is 5.66. The minimum Gasteiger partial charge on any atom is -0.419 e. The van der Waals surface area contributed by atoms with E-state index in [0.29, 0.717) is 24.2 Å². The van der Waals surface area contributed by atoms with Crippen molar-refractivity contribution in [3.63, 3.8) is 0 Å². The van der Waals surface area contributed by atoms with E-state index in [1.54, 1.807) is 0 Å². The summed E-state index contributed by atoms with van der Waals surface area (Å²) in [6.45, 7) is 2.49. The number of halogens is 1. The van der Waals surface area contributed by atoms with Gasteiger partial charge in [0.15, 0.2) is 0 Å². The molecular weight excluding hydrogens is 406 g/mol. The van der Waals surface area contributed by atoms with Gasteiger partial charge in [-0.25, -0.2) is 0 Å². The number of nitrogens with zero attached hydrogens (tertiary/aromatic N) is 3. The second kappa shape index (κ2) is 8.33. The maximum absolute atomic E-state index is 10.6. The number of piperidine rings is 1. The van der Waals surface area contributed by atoms with E-state index in [1.165, 1.54) is 0 Å². The zero-order valence-corrected chi connectivity index (χ0v) is 16.5. The highest BCUT2D eigenvalue weighted by molar-refractivity contribution is 9.10. The molecule has 2 heterocycles. The molecule has 140 valence electrons. The van der Waals surface area contributed by atoms with Crippen LogP contribution in [0, 0.1) is 5.92 Å². The van der Waals surface area contributed by atoms with Crippen molar-refractivity contribution >= 4 is 15.9 Å². The number of hydrogen-bond acceptors (Lipinski definition) is 5. The molecule has 1 saturated heterocycles. The van der Waals surface area contributed by atoms with E-state index in [-0.39, 0.29) is 6.10 Å². The number of rotatable bonds is 5. The van der Waals surface area contributed by atoms with Gasteiger partial charge < -0.3 is 9.52 Å². The second-order valence-corrected chi connectivity index (χ2v) is 7.89. The van der Waals surface area contributed by atoms with Crippen LogP contribution >= 0.6 is 15.9 Å². The molecule has 3 aromatic rings. The Bertz CT molecular complexity index is 859. The summed E-state index contributed by atoms with van der Waals surface area (Å²) in [7, 11) is 0. The van der Waals surface area contributed by atoms with E-state index in [1.807, 2.05) is 54.6 Å². The molecule has 1 fully saturated rings. The molecule has 1 unspecified atom stereocenters. The molecule has 1 aliphatic heterocycles. The van der Waals surface area contributed by atoms with E-state index >= 15 is 0 Å². The van der Waals surface area contributed by atoms with Crippen molar-refractivity contribution in [2.24, 2.45) is 5.92 Å². The van der Waals surface area contributed by atoms with Gasteiger partial charge >= 0.3 is 0 Å². The Hall–Kier alpha value is -2.02. The molecule has 4 rings (SSSR count). The van der Waals surface area contributed by atoms with Crippen molar-refractivity contribution in [1.29, 1.82) is 0 Å². The van der Waals surface area contributed by atoms with Gasteiger partial charge in [0.05, 0.1) is 12.6 Å². The molecule has 1 N–H and O–H groups in total. The third-order valence-corrected chi connectivity index (χ3v) is 5.67. The molecular formula is C21H22BrN3O2. The van der Waals surface area contributed by atoms with Gasteiger partial charge in [0, 0.05) is 10.0 Å². The number of aliphatic hydroxyl groups is 1. The van der Waals surface area contributed by atoms with Gasteiger partial charge in [0.25, 0.3) is 0 Å². The van der Waals surface area contributed by atoms with Crippen LogP contribution < -0.4 is 0 Å². The average molecular weight is 428 g/mol. The van der Waals surface area contributed by atoms with Crippen molar-refractivity contribution in [2.75, 3.05) is 13.1 Å². The molecule has 5 nitrogen and oxygen atoms in total. The first kappa shape index (κ1) is 18.3. The lowest BCUT2D eigenvalue weighted by Gasteiger charge is -2.33. The second-order valence-electron chi connectivity index (χ2n) is 6.98. The number of hydrogen-bond donors (Lipinski definition) is 1. The minimum atomic E-state index is -0.388. The van der Waals surface area contributed by atoms with Crippen LogP contribution in [-0.2, 0) is 6.54 Å². The van der Waals surface area contributed by atoms with E-state index in [9.17, 15) is 5.11 Å². The fourth-order valence-corrected chi connectivity index (χ4v) is 3.83. The summed E-state index contributed by atoms with van der Waals surface area (Å²) in [6, 6.07) is 17.8. The maximum atomic E-state index is 10.6. The maximum Gasteiger partial charge on any atom is 0.247 e. The lowest BCUT2D eigenvalue weighted by molar-refractivity contribution is 0.0544. The lowest BCUT2D eigenvalue weighted by atomic mass is 9.87. The van der Waals surface area contributed by atoms with Crippen LogP contribution in [0.4, 0.5) is 0 Å². The fourth-order valence-electron chi connectivity index (χ4n) is 3.57. The molecule has 6 heteroatoms. The van der Waals surface area contributed by atoms with E-state index in [2.05, 4.69) is 31.0 Å². The van der Waals surface area contributed by atoms with Crippen LogP contribution in [-0.4, -0.2) is 33.3 Å². The Morgan fingerprint density at radius 1 is 1.04 bits per heavy atom. The van der Waals surface area contributed by atoms with Gasteiger partial charge in [-0.3, -0.25) is 4.90 Å². The molecule has 0 amide bonds. The van der Waals surface area contributed by atoms with Crippen LogP contribution in [0.15, 0.2) is 63.5 Å². The summed E-state index contributed by atoms with van der Waals surface area (Å²) in [6.07, 6.45) is 1.54. The molecule has 27 heavy (non-hydrogen) atoms. The zero-order valence-electron chi connectivity index (χ0n) is 15.0. The number of aromatic nitrogens is 2. The summed E-state index contributed by atoms with van der Waals surface area (Å²) in [5.41, 5.74) is 1.92. The van der Waals surface area contributed by atoms with Gasteiger partial charge in [-0.1, -0.05) is 46.3 Å². The van der Waals surface area contributed by atoms with Gasteiger partial charge in [-0.05, 0) is 61.7 Å². The first-order valence-corrected chi connectivity index (χ1v) is 10.0. The number of likely N-dealkylation sites (tertiary alicyclic amines) is 1. The van der Waals surface area contributed by atoms with Crippen molar-refractivity contribution in [3.8, 4) is 11.5 Å². The molecule has 1 atom stereocenters. The standard InChI is InChI=1S/C21H22BrN3O2/c22-18-8-6-17(7-9-18)21-24-23-19(27-21)14-25-12-10-16(11-13-25)20(26)15-4-2-1-3-5-15/h1-9,16,20,26H,10-14H2. The molecule has 0 aliphatic carbocycles. The molecule has 0 saturated carbocycles. The number of benzene rings is 2. The molecule has 0 bridgehead atoms. The molecule has 1 aromatic heterocycles. The quantitative estimate of drug-likeness (QED) is 0.651. The Balaban J connectivity index is 1.32. The average Bonchev–Trinajstić information content (AvgIpc) is 3.18. The topological polar surface area (TPSA) is 62.4 Å². The zero-order chi connectivity index (χ0) is 18.6. The van der Waals surface area contributed by atoms with Crippen molar-refractivity contribution in [2.45, 2.75) is 25.5 Å². The number of aliphatic hydroxyl groups excluding tert-OH is 1. The van der Waals surface area contributed by atoms with Crippen LogP contribution in [0.5, 0.6) is 0 Å². The Labute approximate surface area is 167 Å². The third-order valence-electron chi connectivity index (χ3n) is 5.14. The summed E-state index contributed by atoms with van der Waals surface area (Å²) >= 11 is 3.43. The van der Waals surface area contributed by atoms with E-state index in [4.69, 9.17) is 4.42 Å². The summed E-state index contributed by atoms with van der Waals surface area (Å²) in [5.74, 6) is 1.48. The van der Waals surface area contributed by atoms with E-state index < -0.39 is 0 Å². The molecule has 0 spiro atoms. The predicted molar refractivity (Wildman–Crippen MR) is 107 cm³/mol. The van der Waals surface area contributed by atoms with Crippen LogP contribution in [0.3, 0.4) is 0 Å². The SMILES string of the molecule is OC(c1ccccc1)C1CCN(Cc2nnc(-c3ccc(Br)cc3)o2)CC1. The normalized spacial score (nSPS) is 17.1. The minimum absolute atomic E-state index is 0.296. The fraction of sp³-hybridized carbons (Fsp3) is 0.333. The lowest BCUT2D eigenvalue weighted by Crippen LogP contribution is -2.35. The van der Waals surface area contributed by atoms with E-state index in [0.717, 1.165) is 41.5 Å². The Morgan fingerprint density at radius 2 is 1.74 bits per heavy atom. The highest BCUT2D eigenvalue weighted by Gasteiger charge is 2.27. The molecule has 1 aliphatic rings. The van der Waals surface area contributed by atoms with Crippen LogP contribution in [0.1, 0.15) is 30.4 Å². The summed E-state index contributed by atoms with van der Waals surface area (Å²) in [5, 5.41) is 19.0. The van der Waals surface area contributed by atoms with Crippen molar-refractivity contribution in [1.82, 2.24) is 15.1 Å².